The van der Waals surface area contributed by atoms with Gasteiger partial charge >= 0.3 is 0 Å². The molecule has 19 nitrogen and oxygen atoms in total. The van der Waals surface area contributed by atoms with Gasteiger partial charge in [-0.2, -0.15) is 0 Å². The summed E-state index contributed by atoms with van der Waals surface area (Å²) in [6.07, 6.45) is 1.99. The van der Waals surface area contributed by atoms with E-state index in [1.165, 1.54) is 23.6 Å². The fourth-order valence-electron chi connectivity index (χ4n) is 8.84. The van der Waals surface area contributed by atoms with E-state index in [1.807, 2.05) is 18.2 Å². The second kappa shape index (κ2) is 23.9. The molecule has 6 rings (SSSR count). The number of hydrogen-bond donors (Lipinski definition) is 9. The van der Waals surface area contributed by atoms with Crippen molar-refractivity contribution in [3.8, 4) is 0 Å². The highest BCUT2D eigenvalue weighted by Crippen LogP contribution is 2.26. The van der Waals surface area contributed by atoms with Gasteiger partial charge in [-0.25, -0.2) is 0 Å². The molecule has 3 heterocycles. The van der Waals surface area contributed by atoms with Crippen LogP contribution >= 0.6 is 0 Å². The predicted molar refractivity (Wildman–Crippen MR) is 252 cm³/mol. The zero-order valence-electron chi connectivity index (χ0n) is 38.5. The monoisotopic (exact) mass is 933 g/mol. The normalized spacial score (nSPS) is 25.9. The van der Waals surface area contributed by atoms with Crippen LogP contribution in [0.15, 0.2) is 91.0 Å². The summed E-state index contributed by atoms with van der Waals surface area (Å²) in [6, 6.07) is 17.7. The molecule has 0 saturated carbocycles. The van der Waals surface area contributed by atoms with E-state index >= 15 is 0 Å². The topological polar surface area (TPSA) is 277 Å². The van der Waals surface area contributed by atoms with Crippen molar-refractivity contribution in [2.45, 2.75) is 120 Å². The molecule has 8 amide bonds. The van der Waals surface area contributed by atoms with Gasteiger partial charge < -0.3 is 52.8 Å². The lowest BCUT2D eigenvalue weighted by Gasteiger charge is -2.33. The molecule has 0 spiro atoms. The molecule has 0 aromatic heterocycles. The molecular weight excluding hydrogens is 871 g/mol. The van der Waals surface area contributed by atoms with Crippen molar-refractivity contribution in [1.82, 2.24) is 47.0 Å². The third-order valence-corrected chi connectivity index (χ3v) is 12.5. The highest BCUT2D eigenvalue weighted by molar-refractivity contribution is 5.99. The Hall–Kier alpha value is -7.31. The second-order valence-electron chi connectivity index (χ2n) is 17.6. The van der Waals surface area contributed by atoms with E-state index in [4.69, 9.17) is 11.1 Å². The van der Waals surface area contributed by atoms with Crippen molar-refractivity contribution in [2.75, 3.05) is 19.6 Å². The van der Waals surface area contributed by atoms with Crippen LogP contribution in [0, 0.1) is 5.41 Å². The molecule has 8 atom stereocenters. The van der Waals surface area contributed by atoms with Gasteiger partial charge in [0.1, 0.15) is 48.3 Å². The van der Waals surface area contributed by atoms with E-state index in [0.29, 0.717) is 30.4 Å². The Morgan fingerprint density at radius 3 is 1.44 bits per heavy atom. The molecule has 0 radical (unpaired) electrons. The van der Waals surface area contributed by atoms with Crippen LogP contribution in [-0.4, -0.2) is 131 Å². The van der Waals surface area contributed by atoms with Gasteiger partial charge in [-0.15, -0.1) is 0 Å². The quantitative estimate of drug-likeness (QED) is 0.0742. The van der Waals surface area contributed by atoms with E-state index in [1.54, 1.807) is 72.8 Å². The van der Waals surface area contributed by atoms with Crippen molar-refractivity contribution in [3.63, 3.8) is 0 Å². The first-order valence-corrected chi connectivity index (χ1v) is 23.3. The van der Waals surface area contributed by atoms with Crippen molar-refractivity contribution >= 4 is 53.2 Å². The number of fused-ring (bicyclic) bond motifs is 2. The number of rotatable bonds is 10. The standard InChI is InChI=1S/C49H63N11O8/c1-30-41(61)53-31(2)42(62)58-38(29-34-19-10-5-11-20-34)47(67)60-26-14-23-40(60)48(68)59-25-13-22-39(59)46(66)55-35(21-12-24-52-49(50)51)43(63)56-37(28-33-17-8-4-9-18-33)45(65)57-36(44(64)54-30)27-32-15-6-3-7-16-32/h3-11,15-20,30-31,35-40H,12-14,21-29H2,1-2H3,(H,53,61)(H,54,64)(H,55,66)(H,56,63)(H,57,65)(H,58,62)(H4,50,51,52)/t30-,31-,35-,36-,37-,38-,39-,40+/m0/s1. The van der Waals surface area contributed by atoms with Gasteiger partial charge in [0.2, 0.25) is 47.3 Å². The van der Waals surface area contributed by atoms with E-state index in [-0.39, 0.29) is 64.1 Å². The molecule has 3 aromatic rings. The number of benzene rings is 3. The first-order valence-electron chi connectivity index (χ1n) is 23.3. The second-order valence-corrected chi connectivity index (χ2v) is 17.6. The van der Waals surface area contributed by atoms with E-state index < -0.39 is 95.6 Å². The zero-order chi connectivity index (χ0) is 48.7. The molecule has 3 fully saturated rings. The van der Waals surface area contributed by atoms with Crippen LogP contribution in [0.4, 0.5) is 0 Å². The summed E-state index contributed by atoms with van der Waals surface area (Å²) in [7, 11) is 0. The first kappa shape index (κ1) is 50.1. The molecule has 0 unspecified atom stereocenters. The fourth-order valence-corrected chi connectivity index (χ4v) is 8.84. The number of nitrogens with one attached hydrogen (secondary N) is 8. The van der Waals surface area contributed by atoms with Gasteiger partial charge in [0.05, 0.1) is 0 Å². The van der Waals surface area contributed by atoms with Crippen LogP contribution < -0.4 is 43.0 Å². The Labute approximate surface area is 396 Å². The summed E-state index contributed by atoms with van der Waals surface area (Å²) in [4.78, 5) is 117. The Morgan fingerprint density at radius 1 is 0.529 bits per heavy atom. The number of carbonyl (C=O) groups excluding carboxylic acids is 8. The third kappa shape index (κ3) is 13.6. The summed E-state index contributed by atoms with van der Waals surface area (Å²) < 4.78 is 0. The SMILES string of the molecule is C[C@@H]1NC(=O)[C@H](C)NC(=O)[C@H](Cc2ccccc2)NC(=O)[C@H](Cc2ccccc2)NC(=O)[C@H](CCCNC(=N)N)NC(=O)[C@@H]2CCCN2C(=O)[C@H]2CCCN2C(=O)[C@H](Cc2ccccc2)NC1=O. The molecule has 68 heavy (non-hydrogen) atoms. The van der Waals surface area contributed by atoms with Gasteiger partial charge in [-0.05, 0) is 69.1 Å². The summed E-state index contributed by atoms with van der Waals surface area (Å²) >= 11 is 0. The number of amides is 8. The third-order valence-electron chi connectivity index (χ3n) is 12.5. The largest absolute Gasteiger partial charge is 0.370 e. The van der Waals surface area contributed by atoms with Gasteiger partial charge in [-0.1, -0.05) is 91.0 Å². The molecule has 3 saturated heterocycles. The maximum atomic E-state index is 14.5. The minimum atomic E-state index is -1.27. The number of hydrogen-bond acceptors (Lipinski definition) is 9. The first-order chi connectivity index (χ1) is 32.7. The average Bonchev–Trinajstić information content (AvgIpc) is 4.03. The smallest absolute Gasteiger partial charge is 0.246 e. The Kier molecular flexibility index (Phi) is 17.6. The van der Waals surface area contributed by atoms with E-state index in [0.717, 1.165) is 5.56 Å². The van der Waals surface area contributed by atoms with Crippen molar-refractivity contribution in [2.24, 2.45) is 5.73 Å². The van der Waals surface area contributed by atoms with E-state index in [2.05, 4.69) is 37.2 Å². The molecule has 19 heteroatoms. The Balaban J connectivity index is 1.35. The van der Waals surface area contributed by atoms with Crippen molar-refractivity contribution in [3.05, 3.63) is 108 Å². The molecule has 362 valence electrons. The van der Waals surface area contributed by atoms with Crippen molar-refractivity contribution < 1.29 is 38.4 Å². The highest BCUT2D eigenvalue weighted by atomic mass is 16.2. The fraction of sp³-hybridized carbons (Fsp3) is 0.449. The summed E-state index contributed by atoms with van der Waals surface area (Å²) in [5.41, 5.74) is 7.62. The van der Waals surface area contributed by atoms with Crippen molar-refractivity contribution in [1.29, 1.82) is 5.41 Å². The molecule has 0 aliphatic carbocycles. The van der Waals surface area contributed by atoms with Crippen LogP contribution in [0.3, 0.4) is 0 Å². The number of guanidine groups is 1. The van der Waals surface area contributed by atoms with Crippen LogP contribution in [-0.2, 0) is 57.6 Å². The lowest BCUT2D eigenvalue weighted by atomic mass is 10.0. The summed E-state index contributed by atoms with van der Waals surface area (Å²) in [6.45, 7) is 3.53. The average molecular weight is 934 g/mol. The summed E-state index contributed by atoms with van der Waals surface area (Å²) in [5, 5.41) is 26.9. The number of nitrogens with zero attached hydrogens (tertiary/aromatic N) is 2. The predicted octanol–water partition coefficient (Wildman–Crippen LogP) is -0.0780. The Morgan fingerprint density at radius 2 is 0.926 bits per heavy atom. The lowest BCUT2D eigenvalue weighted by Crippen LogP contribution is -2.61. The van der Waals surface area contributed by atoms with Gasteiger partial charge in [0.25, 0.3) is 0 Å². The van der Waals surface area contributed by atoms with E-state index in [9.17, 15) is 38.4 Å². The number of nitrogens with two attached hydrogens (primary N) is 1. The van der Waals surface area contributed by atoms with Crippen LogP contribution in [0.25, 0.3) is 0 Å². The molecule has 3 aromatic carbocycles. The summed E-state index contributed by atoms with van der Waals surface area (Å²) in [5.74, 6) is -5.32. The maximum absolute atomic E-state index is 14.5. The molecule has 3 aliphatic rings. The molecule has 10 N–H and O–H groups in total. The number of carbonyl (C=O) groups is 8. The molecule has 0 bridgehead atoms. The maximum Gasteiger partial charge on any atom is 0.246 e. The van der Waals surface area contributed by atoms with Gasteiger partial charge in [0, 0.05) is 38.9 Å². The highest BCUT2D eigenvalue weighted by Gasteiger charge is 2.44. The lowest BCUT2D eigenvalue weighted by molar-refractivity contribution is -0.148. The minimum Gasteiger partial charge on any atom is -0.370 e. The van der Waals surface area contributed by atoms with Gasteiger partial charge in [-0.3, -0.25) is 43.8 Å². The minimum absolute atomic E-state index is 0.00285. The molecule has 3 aliphatic heterocycles. The molecular formula is C49H63N11O8. The van der Waals surface area contributed by atoms with Crippen LogP contribution in [0.5, 0.6) is 0 Å². The van der Waals surface area contributed by atoms with Gasteiger partial charge in [0.15, 0.2) is 5.96 Å². The zero-order valence-corrected chi connectivity index (χ0v) is 38.5. The van der Waals surface area contributed by atoms with Crippen LogP contribution in [0.1, 0.15) is 69.1 Å². The Bertz CT molecular complexity index is 2280. The van der Waals surface area contributed by atoms with Crippen LogP contribution in [0.2, 0.25) is 0 Å².